The highest BCUT2D eigenvalue weighted by atomic mass is 32.2. The molecule has 3 rings (SSSR count). The number of benzene rings is 2. The summed E-state index contributed by atoms with van der Waals surface area (Å²) in [6.45, 7) is 5.05. The normalized spacial score (nSPS) is 15.1. The molecule has 34 heavy (non-hydrogen) atoms. The molecule has 1 heterocycles. The predicted molar refractivity (Wildman–Crippen MR) is 126 cm³/mol. The molecule has 0 saturated heterocycles. The summed E-state index contributed by atoms with van der Waals surface area (Å²) in [5.74, 6) is -0.833. The van der Waals surface area contributed by atoms with Gasteiger partial charge in [0.2, 0.25) is 11.8 Å². The van der Waals surface area contributed by atoms with Crippen molar-refractivity contribution in [1.82, 2.24) is 14.5 Å². The molecule has 1 N–H and O–H groups in total. The fourth-order valence-corrected chi connectivity index (χ4v) is 5.32. The van der Waals surface area contributed by atoms with E-state index in [2.05, 4.69) is 5.32 Å². The number of hydrogen-bond donors (Lipinski definition) is 1. The molecule has 10 heteroatoms. The van der Waals surface area contributed by atoms with Gasteiger partial charge in [-0.1, -0.05) is 24.3 Å². The molecule has 182 valence electrons. The van der Waals surface area contributed by atoms with Gasteiger partial charge in [-0.2, -0.15) is 0 Å². The summed E-state index contributed by atoms with van der Waals surface area (Å²) in [6.07, 6.45) is -0.262. The van der Waals surface area contributed by atoms with Crippen LogP contribution in [-0.4, -0.2) is 61.1 Å². The number of nitrogens with zero attached hydrogens (tertiary/aromatic N) is 2. The van der Waals surface area contributed by atoms with Gasteiger partial charge < -0.3 is 15.0 Å². The van der Waals surface area contributed by atoms with Gasteiger partial charge in [0.1, 0.15) is 16.7 Å². The van der Waals surface area contributed by atoms with E-state index >= 15 is 0 Å². The van der Waals surface area contributed by atoms with E-state index in [9.17, 15) is 22.8 Å². The molecule has 9 nitrogen and oxygen atoms in total. The zero-order valence-corrected chi connectivity index (χ0v) is 20.5. The van der Waals surface area contributed by atoms with E-state index in [1.54, 1.807) is 43.3 Å². The molecule has 1 aliphatic heterocycles. The van der Waals surface area contributed by atoms with E-state index in [0.717, 1.165) is 9.87 Å². The molecule has 1 atom stereocenters. The number of rotatable bonds is 9. The molecule has 0 spiro atoms. The fourth-order valence-electron chi connectivity index (χ4n) is 3.75. The molecule has 0 aliphatic carbocycles. The standard InChI is InChI=1S/C24H29N3O6S/c1-16(2)25-23(29)17(3)26(15-18-8-7-9-19(14-18)33-4)22(28)12-13-27-24(30)20-10-5-6-11-21(20)34(27,31)32/h5-11,14,16-17H,12-13,15H2,1-4H3,(H,25,29)/t17-/m0/s1. The Morgan fingerprint density at radius 3 is 2.44 bits per heavy atom. The molecule has 0 unspecified atom stereocenters. The Kier molecular flexibility index (Phi) is 7.61. The van der Waals surface area contributed by atoms with Gasteiger partial charge in [-0.15, -0.1) is 0 Å². The highest BCUT2D eigenvalue weighted by Gasteiger charge is 2.41. The third-order valence-electron chi connectivity index (χ3n) is 5.53. The highest BCUT2D eigenvalue weighted by Crippen LogP contribution is 2.30. The Balaban J connectivity index is 1.81. The van der Waals surface area contributed by atoms with Crippen LogP contribution < -0.4 is 10.1 Å². The summed E-state index contributed by atoms with van der Waals surface area (Å²) in [5, 5.41) is 2.80. The number of carbonyl (C=O) groups is 3. The number of sulfonamides is 1. The summed E-state index contributed by atoms with van der Waals surface area (Å²) in [7, 11) is -2.49. The number of ether oxygens (including phenoxy) is 1. The highest BCUT2D eigenvalue weighted by molar-refractivity contribution is 7.90. The van der Waals surface area contributed by atoms with Crippen molar-refractivity contribution in [3.05, 3.63) is 59.7 Å². The Hall–Kier alpha value is -3.40. The van der Waals surface area contributed by atoms with Crippen LogP contribution in [0.5, 0.6) is 5.75 Å². The van der Waals surface area contributed by atoms with E-state index < -0.39 is 27.9 Å². The van der Waals surface area contributed by atoms with Gasteiger partial charge in [-0.3, -0.25) is 14.4 Å². The second kappa shape index (κ2) is 10.3. The smallest absolute Gasteiger partial charge is 0.269 e. The molecule has 2 aromatic rings. The lowest BCUT2D eigenvalue weighted by Crippen LogP contribution is -2.49. The van der Waals surface area contributed by atoms with Gasteiger partial charge in [-0.05, 0) is 50.6 Å². The summed E-state index contributed by atoms with van der Waals surface area (Å²) in [6, 6.07) is 12.1. The van der Waals surface area contributed by atoms with Gasteiger partial charge in [0, 0.05) is 25.6 Å². The zero-order valence-electron chi connectivity index (χ0n) is 19.6. The van der Waals surface area contributed by atoms with E-state index in [-0.39, 0.29) is 41.9 Å². The third-order valence-corrected chi connectivity index (χ3v) is 7.37. The molecular weight excluding hydrogens is 458 g/mol. The first-order valence-electron chi connectivity index (χ1n) is 10.9. The van der Waals surface area contributed by atoms with Crippen molar-refractivity contribution in [2.45, 2.75) is 50.7 Å². The van der Waals surface area contributed by atoms with Crippen LogP contribution in [0.3, 0.4) is 0 Å². The van der Waals surface area contributed by atoms with Crippen molar-refractivity contribution < 1.29 is 27.5 Å². The van der Waals surface area contributed by atoms with Crippen LogP contribution in [0.15, 0.2) is 53.4 Å². The Morgan fingerprint density at radius 1 is 1.09 bits per heavy atom. The van der Waals surface area contributed by atoms with Crippen molar-refractivity contribution in [2.24, 2.45) is 0 Å². The van der Waals surface area contributed by atoms with Crippen LogP contribution in [0.4, 0.5) is 0 Å². The Morgan fingerprint density at radius 2 is 1.79 bits per heavy atom. The summed E-state index contributed by atoms with van der Waals surface area (Å²) < 4.78 is 31.6. The van der Waals surface area contributed by atoms with Crippen LogP contribution in [0, 0.1) is 0 Å². The minimum atomic E-state index is -4.02. The van der Waals surface area contributed by atoms with Crippen LogP contribution in [0.25, 0.3) is 0 Å². The van der Waals surface area contributed by atoms with Crippen molar-refractivity contribution in [3.8, 4) is 5.75 Å². The second-order valence-electron chi connectivity index (χ2n) is 8.34. The number of fused-ring (bicyclic) bond motifs is 1. The van der Waals surface area contributed by atoms with E-state index in [4.69, 9.17) is 4.74 Å². The number of carbonyl (C=O) groups excluding carboxylic acids is 3. The zero-order chi connectivity index (χ0) is 25.0. The average molecular weight is 488 g/mol. The van der Waals surface area contributed by atoms with Crippen LogP contribution >= 0.6 is 0 Å². The predicted octanol–water partition coefficient (Wildman–Crippen LogP) is 2.17. The van der Waals surface area contributed by atoms with Crippen LogP contribution in [0.1, 0.15) is 43.1 Å². The number of nitrogens with one attached hydrogen (secondary N) is 1. The molecule has 3 amide bonds. The lowest BCUT2D eigenvalue weighted by molar-refractivity contribution is -0.140. The van der Waals surface area contributed by atoms with Gasteiger partial charge in [0.15, 0.2) is 0 Å². The lowest BCUT2D eigenvalue weighted by atomic mass is 10.1. The van der Waals surface area contributed by atoms with Gasteiger partial charge >= 0.3 is 0 Å². The fraction of sp³-hybridized carbons (Fsp3) is 0.375. The first kappa shape index (κ1) is 25.2. The number of methoxy groups -OCH3 is 1. The summed E-state index contributed by atoms with van der Waals surface area (Å²) in [4.78, 5) is 39.9. The van der Waals surface area contributed by atoms with E-state index in [1.807, 2.05) is 13.8 Å². The van der Waals surface area contributed by atoms with Gasteiger partial charge in [-0.25, -0.2) is 12.7 Å². The monoisotopic (exact) mass is 487 g/mol. The topological polar surface area (TPSA) is 113 Å². The largest absolute Gasteiger partial charge is 0.497 e. The molecule has 2 aromatic carbocycles. The summed E-state index contributed by atoms with van der Waals surface area (Å²) in [5.41, 5.74) is 0.835. The van der Waals surface area contributed by atoms with Crippen molar-refractivity contribution >= 4 is 27.7 Å². The molecule has 1 aliphatic rings. The van der Waals surface area contributed by atoms with Gasteiger partial charge in [0.25, 0.3) is 15.9 Å². The molecule has 0 radical (unpaired) electrons. The molecule has 0 saturated carbocycles. The molecule has 0 fully saturated rings. The van der Waals surface area contributed by atoms with Crippen molar-refractivity contribution in [1.29, 1.82) is 0 Å². The molecule has 0 aromatic heterocycles. The quantitative estimate of drug-likeness (QED) is 0.580. The Bertz CT molecular complexity index is 1190. The second-order valence-corrected chi connectivity index (χ2v) is 10.2. The minimum Gasteiger partial charge on any atom is -0.497 e. The van der Waals surface area contributed by atoms with Crippen molar-refractivity contribution in [2.75, 3.05) is 13.7 Å². The molecule has 0 bridgehead atoms. The average Bonchev–Trinajstić information content (AvgIpc) is 3.00. The van der Waals surface area contributed by atoms with Crippen LogP contribution in [0.2, 0.25) is 0 Å². The lowest BCUT2D eigenvalue weighted by Gasteiger charge is -2.30. The van der Waals surface area contributed by atoms with Crippen molar-refractivity contribution in [3.63, 3.8) is 0 Å². The number of hydrogen-bond acceptors (Lipinski definition) is 6. The van der Waals surface area contributed by atoms with E-state index in [1.165, 1.54) is 24.1 Å². The minimum absolute atomic E-state index is 0.0645. The number of amides is 3. The first-order valence-corrected chi connectivity index (χ1v) is 12.4. The summed E-state index contributed by atoms with van der Waals surface area (Å²) >= 11 is 0. The third kappa shape index (κ3) is 5.22. The van der Waals surface area contributed by atoms with E-state index in [0.29, 0.717) is 5.75 Å². The Labute approximate surface area is 199 Å². The first-order chi connectivity index (χ1) is 16.1. The van der Waals surface area contributed by atoms with Crippen LogP contribution in [-0.2, 0) is 26.2 Å². The SMILES string of the molecule is COc1cccc(CN(C(=O)CCN2C(=O)c3ccccc3S2(=O)=O)[C@@H](C)C(=O)NC(C)C)c1. The maximum atomic E-state index is 13.3. The maximum absolute atomic E-state index is 13.3. The maximum Gasteiger partial charge on any atom is 0.269 e. The molecular formula is C24H29N3O6S. The van der Waals surface area contributed by atoms with Gasteiger partial charge in [0.05, 0.1) is 12.7 Å².